The van der Waals surface area contributed by atoms with Crippen LogP contribution in [0.25, 0.3) is 0 Å². The Morgan fingerprint density at radius 1 is 1.17 bits per heavy atom. The molecule has 1 heterocycles. The van der Waals surface area contributed by atoms with Crippen molar-refractivity contribution in [1.82, 2.24) is 15.1 Å². The summed E-state index contributed by atoms with van der Waals surface area (Å²) in [6.07, 6.45) is -0.157. The first-order valence-electron chi connectivity index (χ1n) is 7.38. The third-order valence-electron chi connectivity index (χ3n) is 3.65. The van der Waals surface area contributed by atoms with Gasteiger partial charge in [-0.15, -0.1) is 0 Å². The molecule has 7 nitrogen and oxygen atoms in total. The monoisotopic (exact) mass is 357 g/mol. The number of carbonyl (C=O) groups excluding carboxylic acids is 2. The number of nitrogens with zero attached hydrogens (tertiary/aromatic N) is 2. The minimum absolute atomic E-state index is 0.0398. The molecule has 0 spiro atoms. The molecule has 0 aliphatic carbocycles. The number of urea groups is 1. The predicted molar refractivity (Wildman–Crippen MR) is 84.5 cm³/mol. The molecule has 0 bridgehead atoms. The van der Waals surface area contributed by atoms with Gasteiger partial charge in [-0.1, -0.05) is 17.7 Å². The molecule has 1 fully saturated rings. The number of carboxylic acids is 1. The van der Waals surface area contributed by atoms with E-state index in [0.29, 0.717) is 0 Å². The van der Waals surface area contributed by atoms with E-state index in [2.05, 4.69) is 5.32 Å². The molecule has 130 valence electrons. The standard InChI is InChI=1S/C15H17ClFN3O4/c16-10-2-1-3-11(17)13(10)14(23)19-6-8-20(9-7-19)15(24)18-5-4-12(21)22/h1-3H,4-9H2,(H,18,24)(H,21,22). The van der Waals surface area contributed by atoms with Crippen LogP contribution in [0.2, 0.25) is 5.02 Å². The highest BCUT2D eigenvalue weighted by Crippen LogP contribution is 2.21. The molecule has 0 saturated carbocycles. The van der Waals surface area contributed by atoms with Gasteiger partial charge in [0.1, 0.15) is 5.82 Å². The molecule has 0 aromatic heterocycles. The highest BCUT2D eigenvalue weighted by molar-refractivity contribution is 6.33. The minimum Gasteiger partial charge on any atom is -0.481 e. The summed E-state index contributed by atoms with van der Waals surface area (Å²) in [6.45, 7) is 1.08. The fourth-order valence-electron chi connectivity index (χ4n) is 2.36. The van der Waals surface area contributed by atoms with Gasteiger partial charge in [0.2, 0.25) is 0 Å². The van der Waals surface area contributed by atoms with Crippen molar-refractivity contribution in [3.63, 3.8) is 0 Å². The van der Waals surface area contributed by atoms with E-state index in [4.69, 9.17) is 16.7 Å². The molecular weight excluding hydrogens is 341 g/mol. The zero-order chi connectivity index (χ0) is 17.7. The molecule has 0 unspecified atom stereocenters. The van der Waals surface area contributed by atoms with Gasteiger partial charge in [0, 0.05) is 32.7 Å². The molecule has 3 amide bonds. The Balaban J connectivity index is 1.89. The van der Waals surface area contributed by atoms with Crippen molar-refractivity contribution in [3.05, 3.63) is 34.6 Å². The number of carbonyl (C=O) groups is 3. The van der Waals surface area contributed by atoms with Gasteiger partial charge in [0.25, 0.3) is 5.91 Å². The number of nitrogens with one attached hydrogen (secondary N) is 1. The molecule has 0 atom stereocenters. The number of benzene rings is 1. The Hall–Kier alpha value is -2.35. The van der Waals surface area contributed by atoms with E-state index < -0.39 is 17.7 Å². The van der Waals surface area contributed by atoms with Crippen LogP contribution in [0.1, 0.15) is 16.8 Å². The number of hydrogen-bond donors (Lipinski definition) is 2. The molecule has 2 rings (SSSR count). The van der Waals surface area contributed by atoms with E-state index in [1.54, 1.807) is 0 Å². The second-order valence-corrected chi connectivity index (χ2v) is 5.66. The van der Waals surface area contributed by atoms with Crippen LogP contribution in [0, 0.1) is 5.82 Å². The summed E-state index contributed by atoms with van der Waals surface area (Å²) >= 11 is 5.90. The number of amides is 3. The number of piperazine rings is 1. The van der Waals surface area contributed by atoms with Crippen molar-refractivity contribution in [2.75, 3.05) is 32.7 Å². The van der Waals surface area contributed by atoms with Gasteiger partial charge in [-0.2, -0.15) is 0 Å². The van der Waals surface area contributed by atoms with Gasteiger partial charge in [0.05, 0.1) is 17.0 Å². The van der Waals surface area contributed by atoms with Crippen LogP contribution in [0.3, 0.4) is 0 Å². The van der Waals surface area contributed by atoms with Gasteiger partial charge in [0.15, 0.2) is 0 Å². The topological polar surface area (TPSA) is 89.9 Å². The van der Waals surface area contributed by atoms with Crippen LogP contribution in [0.5, 0.6) is 0 Å². The quantitative estimate of drug-likeness (QED) is 0.852. The van der Waals surface area contributed by atoms with Gasteiger partial charge >= 0.3 is 12.0 Å². The van der Waals surface area contributed by atoms with Gasteiger partial charge in [-0.05, 0) is 12.1 Å². The fourth-order valence-corrected chi connectivity index (χ4v) is 2.60. The number of carboxylic acid groups (broad SMARTS) is 1. The van der Waals surface area contributed by atoms with Crippen molar-refractivity contribution in [2.24, 2.45) is 0 Å². The zero-order valence-corrected chi connectivity index (χ0v) is 13.6. The third-order valence-corrected chi connectivity index (χ3v) is 3.96. The smallest absolute Gasteiger partial charge is 0.317 e. The lowest BCUT2D eigenvalue weighted by Gasteiger charge is -2.34. The number of aliphatic carboxylic acids is 1. The molecular formula is C15H17ClFN3O4. The molecule has 24 heavy (non-hydrogen) atoms. The number of hydrogen-bond acceptors (Lipinski definition) is 3. The maximum Gasteiger partial charge on any atom is 0.317 e. The molecule has 2 N–H and O–H groups in total. The van der Waals surface area contributed by atoms with Crippen molar-refractivity contribution in [1.29, 1.82) is 0 Å². The van der Waals surface area contributed by atoms with Gasteiger partial charge < -0.3 is 20.2 Å². The summed E-state index contributed by atoms with van der Waals surface area (Å²) in [6, 6.07) is 3.66. The Morgan fingerprint density at radius 2 is 1.79 bits per heavy atom. The summed E-state index contributed by atoms with van der Waals surface area (Å²) < 4.78 is 13.8. The maximum absolute atomic E-state index is 13.8. The van der Waals surface area contributed by atoms with Crippen molar-refractivity contribution in [3.8, 4) is 0 Å². The highest BCUT2D eigenvalue weighted by Gasteiger charge is 2.27. The Bertz CT molecular complexity index is 627. The molecule has 0 radical (unpaired) electrons. The van der Waals surface area contributed by atoms with Gasteiger partial charge in [-0.25, -0.2) is 9.18 Å². The molecule has 1 aliphatic rings. The van der Waals surface area contributed by atoms with E-state index >= 15 is 0 Å². The zero-order valence-electron chi connectivity index (χ0n) is 12.8. The van der Waals surface area contributed by atoms with Crippen LogP contribution >= 0.6 is 11.6 Å². The predicted octanol–water partition coefficient (Wildman–Crippen LogP) is 1.42. The Kier molecular flexibility index (Phi) is 5.97. The molecule has 1 aromatic rings. The lowest BCUT2D eigenvalue weighted by atomic mass is 10.1. The highest BCUT2D eigenvalue weighted by atomic mass is 35.5. The fraction of sp³-hybridized carbons (Fsp3) is 0.400. The van der Waals surface area contributed by atoms with Gasteiger partial charge in [-0.3, -0.25) is 9.59 Å². The first-order chi connectivity index (χ1) is 11.4. The Labute approximate surface area is 143 Å². The summed E-state index contributed by atoms with van der Waals surface area (Å²) in [5.41, 5.74) is -0.168. The average Bonchev–Trinajstić information content (AvgIpc) is 2.54. The molecule has 1 saturated heterocycles. The van der Waals surface area contributed by atoms with E-state index in [9.17, 15) is 18.8 Å². The number of halogens is 2. The van der Waals surface area contributed by atoms with Crippen molar-refractivity contribution >= 4 is 29.5 Å². The van der Waals surface area contributed by atoms with E-state index in [-0.39, 0.29) is 55.8 Å². The second kappa shape index (κ2) is 7.96. The van der Waals surface area contributed by atoms with Crippen molar-refractivity contribution < 1.29 is 23.9 Å². The largest absolute Gasteiger partial charge is 0.481 e. The van der Waals surface area contributed by atoms with E-state index in [0.717, 1.165) is 0 Å². The summed E-state index contributed by atoms with van der Waals surface area (Å²) in [5.74, 6) is -2.18. The first-order valence-corrected chi connectivity index (χ1v) is 7.76. The second-order valence-electron chi connectivity index (χ2n) is 5.25. The normalized spacial score (nSPS) is 14.4. The average molecular weight is 358 g/mol. The van der Waals surface area contributed by atoms with Crippen LogP contribution in [-0.2, 0) is 4.79 Å². The van der Waals surface area contributed by atoms with Crippen LogP contribution in [0.15, 0.2) is 18.2 Å². The summed E-state index contributed by atoms with van der Waals surface area (Å²) in [5, 5.41) is 11.1. The summed E-state index contributed by atoms with van der Waals surface area (Å²) in [4.78, 5) is 37.6. The summed E-state index contributed by atoms with van der Waals surface area (Å²) in [7, 11) is 0. The Morgan fingerprint density at radius 3 is 2.38 bits per heavy atom. The molecule has 1 aromatic carbocycles. The van der Waals surface area contributed by atoms with Crippen LogP contribution in [-0.4, -0.2) is 65.5 Å². The van der Waals surface area contributed by atoms with E-state index in [1.165, 1.54) is 28.0 Å². The lowest BCUT2D eigenvalue weighted by Crippen LogP contribution is -2.53. The van der Waals surface area contributed by atoms with Crippen molar-refractivity contribution in [2.45, 2.75) is 6.42 Å². The first kappa shape index (κ1) is 18.0. The van der Waals surface area contributed by atoms with Crippen LogP contribution in [0.4, 0.5) is 9.18 Å². The minimum atomic E-state index is -0.993. The number of rotatable bonds is 4. The maximum atomic E-state index is 13.8. The third kappa shape index (κ3) is 4.35. The van der Waals surface area contributed by atoms with E-state index in [1.807, 2.05) is 0 Å². The molecule has 1 aliphatic heterocycles. The SMILES string of the molecule is O=C(O)CCNC(=O)N1CCN(C(=O)c2c(F)cccc2Cl)CC1. The lowest BCUT2D eigenvalue weighted by molar-refractivity contribution is -0.136. The van der Waals surface area contributed by atoms with Crippen LogP contribution < -0.4 is 5.32 Å². The molecule has 9 heteroatoms.